The fraction of sp³-hybridized carbons (Fsp3) is 0.0588. The maximum atomic E-state index is 5.74. The monoisotopic (exact) mass is 309 g/mol. The summed E-state index contributed by atoms with van der Waals surface area (Å²) in [6, 6.07) is 17.9. The molecule has 0 radical (unpaired) electrons. The molecule has 0 saturated carbocycles. The number of rotatable bonds is 6. The highest BCUT2D eigenvalue weighted by Gasteiger charge is 1.96. The van der Waals surface area contributed by atoms with Gasteiger partial charge in [-0.3, -0.25) is 5.43 Å². The number of hydrogen-bond donors (Lipinski definition) is 1. The zero-order valence-electron chi connectivity index (χ0n) is 11.8. The van der Waals surface area contributed by atoms with Gasteiger partial charge in [0.2, 0.25) is 5.13 Å². The molecular formula is C17H15N3OS. The standard InChI is InChI=1S/C17H15N3OS/c1-2-4-15(5-3-1)13-21-16-8-6-14(7-9-16)12-19-20-17-18-10-11-22-17/h1-12H,13H2,(H,18,20)/b19-12-. The van der Waals surface area contributed by atoms with Crippen molar-refractivity contribution in [3.8, 4) is 5.75 Å². The van der Waals surface area contributed by atoms with E-state index >= 15 is 0 Å². The van der Waals surface area contributed by atoms with Crippen molar-refractivity contribution in [2.45, 2.75) is 6.61 Å². The SMILES string of the molecule is C(=N/Nc1nccs1)/c1ccc(OCc2ccccc2)cc1. The van der Waals surface area contributed by atoms with Crippen LogP contribution in [0.25, 0.3) is 0 Å². The van der Waals surface area contributed by atoms with E-state index in [1.807, 2.05) is 60.0 Å². The predicted octanol–water partition coefficient (Wildman–Crippen LogP) is 4.17. The molecule has 2 aromatic carbocycles. The minimum atomic E-state index is 0.569. The van der Waals surface area contributed by atoms with Crippen LogP contribution in [0.15, 0.2) is 71.3 Å². The summed E-state index contributed by atoms with van der Waals surface area (Å²) in [7, 11) is 0. The lowest BCUT2D eigenvalue weighted by Gasteiger charge is -2.06. The van der Waals surface area contributed by atoms with Crippen LogP contribution in [0.3, 0.4) is 0 Å². The van der Waals surface area contributed by atoms with Gasteiger partial charge in [0.1, 0.15) is 12.4 Å². The second-order valence-corrected chi connectivity index (χ2v) is 5.45. The van der Waals surface area contributed by atoms with Gasteiger partial charge in [-0.25, -0.2) is 4.98 Å². The first kappa shape index (κ1) is 14.3. The lowest BCUT2D eigenvalue weighted by atomic mass is 10.2. The molecule has 0 fully saturated rings. The first-order valence-electron chi connectivity index (χ1n) is 6.85. The van der Waals surface area contributed by atoms with Gasteiger partial charge in [0, 0.05) is 11.6 Å². The van der Waals surface area contributed by atoms with Crippen LogP contribution < -0.4 is 10.2 Å². The number of nitrogens with zero attached hydrogens (tertiary/aromatic N) is 2. The summed E-state index contributed by atoms with van der Waals surface area (Å²) in [4.78, 5) is 4.09. The lowest BCUT2D eigenvalue weighted by molar-refractivity contribution is 0.306. The van der Waals surface area contributed by atoms with Gasteiger partial charge in [-0.15, -0.1) is 11.3 Å². The smallest absolute Gasteiger partial charge is 0.203 e. The molecule has 0 atom stereocenters. The fourth-order valence-corrected chi connectivity index (χ4v) is 2.31. The van der Waals surface area contributed by atoms with Gasteiger partial charge >= 0.3 is 0 Å². The second-order valence-electron chi connectivity index (χ2n) is 4.55. The highest BCUT2D eigenvalue weighted by atomic mass is 32.1. The van der Waals surface area contributed by atoms with E-state index in [9.17, 15) is 0 Å². The molecule has 0 aliphatic rings. The predicted molar refractivity (Wildman–Crippen MR) is 90.5 cm³/mol. The molecule has 1 heterocycles. The number of anilines is 1. The molecule has 22 heavy (non-hydrogen) atoms. The van der Waals surface area contributed by atoms with Crippen molar-refractivity contribution in [1.29, 1.82) is 0 Å². The van der Waals surface area contributed by atoms with Crippen LogP contribution in [0, 0.1) is 0 Å². The summed E-state index contributed by atoms with van der Waals surface area (Å²) in [5.41, 5.74) is 5.03. The number of nitrogens with one attached hydrogen (secondary N) is 1. The van der Waals surface area contributed by atoms with Crippen molar-refractivity contribution in [2.24, 2.45) is 5.10 Å². The zero-order valence-corrected chi connectivity index (χ0v) is 12.7. The van der Waals surface area contributed by atoms with Crippen LogP contribution in [-0.4, -0.2) is 11.2 Å². The first-order valence-corrected chi connectivity index (χ1v) is 7.73. The van der Waals surface area contributed by atoms with E-state index in [0.717, 1.165) is 22.0 Å². The summed E-state index contributed by atoms with van der Waals surface area (Å²) >= 11 is 1.51. The number of benzene rings is 2. The molecule has 3 rings (SSSR count). The van der Waals surface area contributed by atoms with Crippen LogP contribution in [0.4, 0.5) is 5.13 Å². The van der Waals surface area contributed by atoms with Gasteiger partial charge in [-0.05, 0) is 35.4 Å². The maximum Gasteiger partial charge on any atom is 0.203 e. The third-order valence-electron chi connectivity index (χ3n) is 2.93. The molecule has 0 spiro atoms. The maximum absolute atomic E-state index is 5.74. The molecular weight excluding hydrogens is 294 g/mol. The molecule has 110 valence electrons. The molecule has 1 aromatic heterocycles. The molecule has 0 unspecified atom stereocenters. The highest BCUT2D eigenvalue weighted by molar-refractivity contribution is 7.13. The molecule has 0 saturated heterocycles. The van der Waals surface area contributed by atoms with Crippen molar-refractivity contribution in [3.05, 3.63) is 77.3 Å². The number of hydrogen-bond acceptors (Lipinski definition) is 5. The van der Waals surface area contributed by atoms with Crippen molar-refractivity contribution >= 4 is 22.7 Å². The van der Waals surface area contributed by atoms with Gasteiger partial charge in [0.15, 0.2) is 0 Å². The summed E-state index contributed by atoms with van der Waals surface area (Å²) in [6.07, 6.45) is 3.49. The van der Waals surface area contributed by atoms with Crippen molar-refractivity contribution in [1.82, 2.24) is 4.98 Å². The summed E-state index contributed by atoms with van der Waals surface area (Å²) in [5.74, 6) is 0.842. The summed E-state index contributed by atoms with van der Waals surface area (Å²) in [6.45, 7) is 0.569. The second kappa shape index (κ2) is 7.38. The van der Waals surface area contributed by atoms with E-state index in [4.69, 9.17) is 4.74 Å². The molecule has 0 bridgehead atoms. The van der Waals surface area contributed by atoms with E-state index in [2.05, 4.69) is 15.5 Å². The topological polar surface area (TPSA) is 46.5 Å². The molecule has 4 nitrogen and oxygen atoms in total. The van der Waals surface area contributed by atoms with Crippen LogP contribution in [0.2, 0.25) is 0 Å². The van der Waals surface area contributed by atoms with E-state index in [1.165, 1.54) is 11.3 Å². The molecule has 3 aromatic rings. The Hall–Kier alpha value is -2.66. The normalized spacial score (nSPS) is 10.7. The third kappa shape index (κ3) is 4.17. The molecule has 5 heteroatoms. The van der Waals surface area contributed by atoms with E-state index in [-0.39, 0.29) is 0 Å². The molecule has 0 aliphatic heterocycles. The Bertz CT molecular complexity index is 709. The summed E-state index contributed by atoms with van der Waals surface area (Å²) in [5, 5.41) is 6.82. The first-order chi connectivity index (χ1) is 10.9. The Morgan fingerprint density at radius 3 is 2.64 bits per heavy atom. The number of hydrazone groups is 1. The molecule has 0 aliphatic carbocycles. The van der Waals surface area contributed by atoms with Gasteiger partial charge in [-0.1, -0.05) is 30.3 Å². The van der Waals surface area contributed by atoms with Gasteiger partial charge in [0.25, 0.3) is 0 Å². The minimum absolute atomic E-state index is 0.569. The molecule has 1 N–H and O–H groups in total. The van der Waals surface area contributed by atoms with Gasteiger partial charge < -0.3 is 4.74 Å². The third-order valence-corrected chi connectivity index (χ3v) is 3.61. The van der Waals surface area contributed by atoms with Crippen LogP contribution in [0.5, 0.6) is 5.75 Å². The number of aromatic nitrogens is 1. The Labute approximate surface area is 133 Å². The summed E-state index contributed by atoms with van der Waals surface area (Å²) < 4.78 is 5.74. The fourth-order valence-electron chi connectivity index (χ4n) is 1.83. The largest absolute Gasteiger partial charge is 0.489 e. The van der Waals surface area contributed by atoms with Crippen LogP contribution >= 0.6 is 11.3 Å². The van der Waals surface area contributed by atoms with E-state index in [0.29, 0.717) is 6.61 Å². The Balaban J connectivity index is 1.52. The average molecular weight is 309 g/mol. The van der Waals surface area contributed by atoms with Crippen molar-refractivity contribution in [3.63, 3.8) is 0 Å². The van der Waals surface area contributed by atoms with E-state index in [1.54, 1.807) is 12.4 Å². The van der Waals surface area contributed by atoms with Crippen LogP contribution in [-0.2, 0) is 6.61 Å². The number of ether oxygens (including phenoxy) is 1. The van der Waals surface area contributed by atoms with Gasteiger partial charge in [-0.2, -0.15) is 5.10 Å². The average Bonchev–Trinajstić information content (AvgIpc) is 3.08. The number of thiazole rings is 1. The van der Waals surface area contributed by atoms with Gasteiger partial charge in [0.05, 0.1) is 6.21 Å². The minimum Gasteiger partial charge on any atom is -0.489 e. The van der Waals surface area contributed by atoms with Crippen molar-refractivity contribution in [2.75, 3.05) is 5.43 Å². The highest BCUT2D eigenvalue weighted by Crippen LogP contribution is 2.14. The van der Waals surface area contributed by atoms with Crippen LogP contribution in [0.1, 0.15) is 11.1 Å². The quantitative estimate of drug-likeness (QED) is 0.549. The Kier molecular flexibility index (Phi) is 4.79. The Morgan fingerprint density at radius 2 is 1.91 bits per heavy atom. The molecule has 0 amide bonds. The zero-order chi connectivity index (χ0) is 15.0. The van der Waals surface area contributed by atoms with Crippen molar-refractivity contribution < 1.29 is 4.74 Å². The lowest BCUT2D eigenvalue weighted by Crippen LogP contribution is -1.95. The van der Waals surface area contributed by atoms with E-state index < -0.39 is 0 Å². The Morgan fingerprint density at radius 1 is 1.09 bits per heavy atom.